The van der Waals surface area contributed by atoms with Crippen LogP contribution in [0.25, 0.3) is 0 Å². The molecule has 0 fully saturated rings. The van der Waals surface area contributed by atoms with Crippen molar-refractivity contribution in [1.82, 2.24) is 10.4 Å². The number of nitrogens with one attached hydrogen (secondary N) is 1. The highest BCUT2D eigenvalue weighted by molar-refractivity contribution is 7.14. The van der Waals surface area contributed by atoms with Crippen molar-refractivity contribution < 1.29 is 14.8 Å². The van der Waals surface area contributed by atoms with Gasteiger partial charge < -0.3 is 4.90 Å². The molecule has 25 heavy (non-hydrogen) atoms. The van der Waals surface area contributed by atoms with Gasteiger partial charge in [-0.2, -0.15) is 0 Å². The third kappa shape index (κ3) is 3.60. The highest BCUT2D eigenvalue weighted by Gasteiger charge is 2.25. The second-order valence-electron chi connectivity index (χ2n) is 6.62. The minimum atomic E-state index is -0.497. The molecule has 1 aromatic carbocycles. The number of hydroxylamine groups is 1. The fraction of sp³-hybridized carbons (Fsp3) is 0.368. The summed E-state index contributed by atoms with van der Waals surface area (Å²) in [5.74, 6) is -0.384. The Kier molecular flexibility index (Phi) is 4.92. The number of carbonyl (C=O) groups is 2. The van der Waals surface area contributed by atoms with Gasteiger partial charge in [-0.15, -0.1) is 11.3 Å². The van der Waals surface area contributed by atoms with Crippen LogP contribution in [0, 0.1) is 20.8 Å². The van der Waals surface area contributed by atoms with Gasteiger partial charge in [0.1, 0.15) is 0 Å². The summed E-state index contributed by atoms with van der Waals surface area (Å²) in [5, 5.41) is 8.77. The number of amides is 2. The maximum atomic E-state index is 12.8. The number of rotatable bonds is 3. The molecule has 0 aliphatic carbocycles. The van der Waals surface area contributed by atoms with Gasteiger partial charge in [-0.1, -0.05) is 17.7 Å². The Morgan fingerprint density at radius 1 is 1.20 bits per heavy atom. The van der Waals surface area contributed by atoms with Gasteiger partial charge in [0, 0.05) is 11.4 Å². The zero-order chi connectivity index (χ0) is 18.1. The topological polar surface area (TPSA) is 69.6 Å². The van der Waals surface area contributed by atoms with Crippen LogP contribution in [0.3, 0.4) is 0 Å². The van der Waals surface area contributed by atoms with E-state index in [-0.39, 0.29) is 5.91 Å². The molecule has 1 aromatic heterocycles. The molecule has 0 bridgehead atoms. The lowest BCUT2D eigenvalue weighted by atomic mass is 9.96. The lowest BCUT2D eigenvalue weighted by molar-refractivity contribution is -0.131. The highest BCUT2D eigenvalue weighted by atomic mass is 32.1. The summed E-state index contributed by atoms with van der Waals surface area (Å²) in [6.45, 7) is 7.36. The number of hydrogen-bond donors (Lipinski definition) is 2. The van der Waals surface area contributed by atoms with Crippen molar-refractivity contribution in [1.29, 1.82) is 0 Å². The third-order valence-electron chi connectivity index (χ3n) is 4.73. The summed E-state index contributed by atoms with van der Waals surface area (Å²) in [6.07, 6.45) is 1.14. The summed E-state index contributed by atoms with van der Waals surface area (Å²) in [7, 11) is 0. The van der Waals surface area contributed by atoms with E-state index in [4.69, 9.17) is 5.21 Å². The van der Waals surface area contributed by atoms with Crippen LogP contribution in [0.4, 0.5) is 0 Å². The fourth-order valence-corrected chi connectivity index (χ4v) is 4.57. The van der Waals surface area contributed by atoms with Gasteiger partial charge in [-0.05, 0) is 55.5 Å². The molecule has 2 heterocycles. The van der Waals surface area contributed by atoms with Crippen LogP contribution in [0.15, 0.2) is 18.2 Å². The zero-order valence-electron chi connectivity index (χ0n) is 14.7. The number of hydrogen-bond acceptors (Lipinski definition) is 4. The van der Waals surface area contributed by atoms with Crippen LogP contribution < -0.4 is 5.48 Å². The Morgan fingerprint density at radius 2 is 1.88 bits per heavy atom. The van der Waals surface area contributed by atoms with Crippen molar-refractivity contribution in [2.45, 2.75) is 40.2 Å². The normalized spacial score (nSPS) is 13.5. The molecule has 5 nitrogen and oxygen atoms in total. The predicted molar refractivity (Wildman–Crippen MR) is 97.0 cm³/mol. The molecule has 2 aromatic rings. The largest absolute Gasteiger partial charge is 0.337 e. The Balaban J connectivity index is 1.75. The predicted octanol–water partition coefficient (Wildman–Crippen LogP) is 2.92. The molecule has 0 spiro atoms. The maximum absolute atomic E-state index is 12.8. The quantitative estimate of drug-likeness (QED) is 0.655. The first-order valence-electron chi connectivity index (χ1n) is 8.29. The van der Waals surface area contributed by atoms with E-state index in [0.717, 1.165) is 33.6 Å². The van der Waals surface area contributed by atoms with Crippen molar-refractivity contribution in [2.75, 3.05) is 6.54 Å². The zero-order valence-corrected chi connectivity index (χ0v) is 15.5. The van der Waals surface area contributed by atoms with E-state index in [1.807, 2.05) is 11.0 Å². The van der Waals surface area contributed by atoms with E-state index in [2.05, 4.69) is 32.9 Å². The van der Waals surface area contributed by atoms with Gasteiger partial charge in [0.2, 0.25) is 5.91 Å². The molecule has 2 N–H and O–H groups in total. The van der Waals surface area contributed by atoms with Gasteiger partial charge in [0.15, 0.2) is 0 Å². The molecule has 132 valence electrons. The number of fused-ring (bicyclic) bond motifs is 1. The van der Waals surface area contributed by atoms with Gasteiger partial charge >= 0.3 is 0 Å². The van der Waals surface area contributed by atoms with E-state index >= 15 is 0 Å². The van der Waals surface area contributed by atoms with E-state index < -0.39 is 5.91 Å². The third-order valence-corrected chi connectivity index (χ3v) is 5.89. The molecule has 1 aliphatic heterocycles. The number of thiophene rings is 1. The molecule has 0 saturated carbocycles. The summed E-state index contributed by atoms with van der Waals surface area (Å²) >= 11 is 1.34. The Labute approximate surface area is 151 Å². The second kappa shape index (κ2) is 6.98. The number of nitrogens with zero attached hydrogens (tertiary/aromatic N) is 1. The molecule has 0 saturated heterocycles. The van der Waals surface area contributed by atoms with Gasteiger partial charge in [-0.25, -0.2) is 5.48 Å². The summed E-state index contributed by atoms with van der Waals surface area (Å²) in [5.41, 5.74) is 7.38. The first-order valence-corrected chi connectivity index (χ1v) is 9.11. The van der Waals surface area contributed by atoms with Gasteiger partial charge in [0.05, 0.1) is 17.8 Å². The Morgan fingerprint density at radius 3 is 2.52 bits per heavy atom. The lowest BCUT2D eigenvalue weighted by Crippen LogP contribution is -2.36. The van der Waals surface area contributed by atoms with E-state index in [9.17, 15) is 9.59 Å². The fourth-order valence-electron chi connectivity index (χ4n) is 3.45. The smallest absolute Gasteiger partial charge is 0.284 e. The van der Waals surface area contributed by atoms with Crippen molar-refractivity contribution in [2.24, 2.45) is 0 Å². The first kappa shape index (κ1) is 17.6. The Hall–Kier alpha value is -2.18. The average molecular weight is 358 g/mol. The van der Waals surface area contributed by atoms with Crippen LogP contribution >= 0.6 is 11.3 Å². The van der Waals surface area contributed by atoms with Gasteiger partial charge in [-0.3, -0.25) is 14.8 Å². The standard InChI is InChI=1S/C19H22N2O3S/c1-11-6-12(2)15(13(3)7-11)9-18(22)21-5-4-14-8-16(19(23)20-24)25-17(14)10-21/h6-8,24H,4-5,9-10H2,1-3H3,(H,20,23). The first-order chi connectivity index (χ1) is 11.9. The average Bonchev–Trinajstić information content (AvgIpc) is 3.00. The van der Waals surface area contributed by atoms with Crippen molar-refractivity contribution in [3.63, 3.8) is 0 Å². The molecule has 2 amide bonds. The minimum Gasteiger partial charge on any atom is -0.337 e. The van der Waals surface area contributed by atoms with Crippen LogP contribution in [-0.2, 0) is 24.2 Å². The summed E-state index contributed by atoms with van der Waals surface area (Å²) < 4.78 is 0. The lowest BCUT2D eigenvalue weighted by Gasteiger charge is -2.27. The molecular weight excluding hydrogens is 336 g/mol. The van der Waals surface area contributed by atoms with Crippen LogP contribution in [0.1, 0.15) is 42.4 Å². The maximum Gasteiger partial charge on any atom is 0.284 e. The van der Waals surface area contributed by atoms with Gasteiger partial charge in [0.25, 0.3) is 5.91 Å². The molecule has 0 radical (unpaired) electrons. The SMILES string of the molecule is Cc1cc(C)c(CC(=O)N2CCc3cc(C(=O)NO)sc3C2)c(C)c1. The van der Waals surface area contributed by atoms with Crippen molar-refractivity contribution in [3.05, 3.63) is 55.8 Å². The monoisotopic (exact) mass is 358 g/mol. The second-order valence-corrected chi connectivity index (χ2v) is 7.76. The van der Waals surface area contributed by atoms with Crippen LogP contribution in [0.5, 0.6) is 0 Å². The molecule has 6 heteroatoms. The van der Waals surface area contributed by atoms with Crippen molar-refractivity contribution in [3.8, 4) is 0 Å². The van der Waals surface area contributed by atoms with Crippen molar-refractivity contribution >= 4 is 23.2 Å². The van der Waals surface area contributed by atoms with Crippen LogP contribution in [-0.4, -0.2) is 28.5 Å². The molecule has 0 unspecified atom stereocenters. The van der Waals surface area contributed by atoms with Crippen LogP contribution in [0.2, 0.25) is 0 Å². The molecular formula is C19H22N2O3S. The van der Waals surface area contributed by atoms with E-state index in [1.54, 1.807) is 5.48 Å². The summed E-state index contributed by atoms with van der Waals surface area (Å²) in [4.78, 5) is 27.7. The summed E-state index contributed by atoms with van der Waals surface area (Å²) in [6, 6.07) is 6.04. The van der Waals surface area contributed by atoms with E-state index in [1.165, 1.54) is 16.9 Å². The number of carbonyl (C=O) groups excluding carboxylic acids is 2. The number of aryl methyl sites for hydroxylation is 3. The highest BCUT2D eigenvalue weighted by Crippen LogP contribution is 2.29. The molecule has 0 atom stereocenters. The Bertz CT molecular complexity index is 818. The minimum absolute atomic E-state index is 0.113. The van der Waals surface area contributed by atoms with E-state index in [0.29, 0.717) is 24.4 Å². The number of benzene rings is 1. The molecule has 1 aliphatic rings. The molecule has 3 rings (SSSR count).